The number of anilines is 1. The van der Waals surface area contributed by atoms with Gasteiger partial charge in [0, 0.05) is 37.3 Å². The molecule has 0 N–H and O–H groups in total. The van der Waals surface area contributed by atoms with Gasteiger partial charge in [-0.2, -0.15) is 11.8 Å². The molecule has 0 spiro atoms. The monoisotopic (exact) mass is 273 g/mol. The lowest BCUT2D eigenvalue weighted by Crippen LogP contribution is -2.33. The maximum Gasteiger partial charge on any atom is 0.158 e. The molecule has 4 nitrogen and oxygen atoms in total. The van der Waals surface area contributed by atoms with Crippen LogP contribution in [0.1, 0.15) is 12.7 Å². The highest BCUT2D eigenvalue weighted by Crippen LogP contribution is 2.20. The van der Waals surface area contributed by atoms with Crippen LogP contribution < -0.4 is 4.90 Å². The standard InChI is InChI=1S/C11H16ClN3OS/c1-2-16-8-10-13-9(12)7-11(14-10)15-3-5-17-6-4-15/h7H,2-6,8H2,1H3. The van der Waals surface area contributed by atoms with Crippen molar-refractivity contribution in [2.75, 3.05) is 36.1 Å². The Morgan fingerprint density at radius 2 is 2.18 bits per heavy atom. The fourth-order valence-electron chi connectivity index (χ4n) is 1.66. The van der Waals surface area contributed by atoms with E-state index in [0.717, 1.165) is 30.4 Å². The Labute approximate surface area is 111 Å². The fraction of sp³-hybridized carbons (Fsp3) is 0.636. The van der Waals surface area contributed by atoms with Gasteiger partial charge < -0.3 is 9.64 Å². The number of hydrogen-bond acceptors (Lipinski definition) is 5. The SMILES string of the molecule is CCOCc1nc(Cl)cc(N2CCSCC2)n1. The topological polar surface area (TPSA) is 38.2 Å². The molecule has 0 aromatic carbocycles. The van der Waals surface area contributed by atoms with Crippen molar-refractivity contribution in [1.82, 2.24) is 9.97 Å². The third-order valence-corrected chi connectivity index (χ3v) is 3.63. The lowest BCUT2D eigenvalue weighted by molar-refractivity contribution is 0.128. The van der Waals surface area contributed by atoms with Crippen LogP contribution in [0.15, 0.2) is 6.07 Å². The van der Waals surface area contributed by atoms with Crippen molar-refractivity contribution < 1.29 is 4.74 Å². The first-order chi connectivity index (χ1) is 8.29. The van der Waals surface area contributed by atoms with Gasteiger partial charge in [-0.1, -0.05) is 11.6 Å². The van der Waals surface area contributed by atoms with Gasteiger partial charge in [-0.25, -0.2) is 9.97 Å². The average Bonchev–Trinajstić information content (AvgIpc) is 2.37. The van der Waals surface area contributed by atoms with Gasteiger partial charge in [-0.05, 0) is 6.92 Å². The van der Waals surface area contributed by atoms with Crippen LogP contribution in [-0.2, 0) is 11.3 Å². The molecule has 1 aromatic heterocycles. The van der Waals surface area contributed by atoms with E-state index < -0.39 is 0 Å². The van der Waals surface area contributed by atoms with Gasteiger partial charge >= 0.3 is 0 Å². The highest BCUT2D eigenvalue weighted by molar-refractivity contribution is 7.99. The second kappa shape index (κ2) is 6.42. The molecule has 0 saturated carbocycles. The summed E-state index contributed by atoms with van der Waals surface area (Å²) in [6, 6.07) is 1.83. The van der Waals surface area contributed by atoms with Crippen molar-refractivity contribution in [2.45, 2.75) is 13.5 Å². The van der Waals surface area contributed by atoms with Gasteiger partial charge in [0.25, 0.3) is 0 Å². The van der Waals surface area contributed by atoms with Crippen molar-refractivity contribution in [3.8, 4) is 0 Å². The van der Waals surface area contributed by atoms with Crippen LogP contribution in [0.25, 0.3) is 0 Å². The summed E-state index contributed by atoms with van der Waals surface area (Å²) in [6.45, 7) is 5.07. The van der Waals surface area contributed by atoms with E-state index in [4.69, 9.17) is 16.3 Å². The van der Waals surface area contributed by atoms with Gasteiger partial charge in [-0.15, -0.1) is 0 Å². The van der Waals surface area contributed by atoms with Crippen LogP contribution in [0.3, 0.4) is 0 Å². The van der Waals surface area contributed by atoms with E-state index in [0.29, 0.717) is 24.2 Å². The molecule has 0 aliphatic carbocycles. The number of hydrogen-bond donors (Lipinski definition) is 0. The van der Waals surface area contributed by atoms with Crippen LogP contribution >= 0.6 is 23.4 Å². The summed E-state index contributed by atoms with van der Waals surface area (Å²) in [4.78, 5) is 10.9. The molecule has 0 amide bonds. The van der Waals surface area contributed by atoms with Crippen molar-refractivity contribution in [3.63, 3.8) is 0 Å². The van der Waals surface area contributed by atoms with Crippen LogP contribution in [0.4, 0.5) is 5.82 Å². The molecule has 1 saturated heterocycles. The molecule has 0 unspecified atom stereocenters. The summed E-state index contributed by atoms with van der Waals surface area (Å²) in [6.07, 6.45) is 0. The summed E-state index contributed by atoms with van der Waals surface area (Å²) in [5.74, 6) is 3.86. The predicted molar refractivity (Wildman–Crippen MR) is 71.9 cm³/mol. The maximum atomic E-state index is 6.01. The zero-order valence-electron chi connectivity index (χ0n) is 9.86. The Hall–Kier alpha value is -0.520. The van der Waals surface area contributed by atoms with E-state index in [2.05, 4.69) is 14.9 Å². The van der Waals surface area contributed by atoms with E-state index in [1.807, 2.05) is 24.8 Å². The summed E-state index contributed by atoms with van der Waals surface area (Å²) >= 11 is 7.98. The van der Waals surface area contributed by atoms with Crippen molar-refractivity contribution >= 4 is 29.2 Å². The maximum absolute atomic E-state index is 6.01. The molecular formula is C11H16ClN3OS. The Bertz CT molecular complexity index is 372. The average molecular weight is 274 g/mol. The molecule has 1 aromatic rings. The Morgan fingerprint density at radius 1 is 1.41 bits per heavy atom. The smallest absolute Gasteiger partial charge is 0.158 e. The van der Waals surface area contributed by atoms with E-state index in [1.165, 1.54) is 0 Å². The minimum Gasteiger partial charge on any atom is -0.374 e. The number of thioether (sulfide) groups is 1. The number of halogens is 1. The highest BCUT2D eigenvalue weighted by Gasteiger charge is 2.14. The number of rotatable bonds is 4. The van der Waals surface area contributed by atoms with E-state index in [9.17, 15) is 0 Å². The molecule has 1 aliphatic rings. The van der Waals surface area contributed by atoms with Crippen molar-refractivity contribution in [1.29, 1.82) is 0 Å². The fourth-order valence-corrected chi connectivity index (χ4v) is 2.76. The van der Waals surface area contributed by atoms with E-state index in [1.54, 1.807) is 0 Å². The van der Waals surface area contributed by atoms with Gasteiger partial charge in [0.05, 0.1) is 0 Å². The minimum atomic E-state index is 0.423. The number of aromatic nitrogens is 2. The quantitative estimate of drug-likeness (QED) is 0.787. The zero-order valence-corrected chi connectivity index (χ0v) is 11.4. The molecule has 1 fully saturated rings. The molecule has 2 heterocycles. The summed E-state index contributed by atoms with van der Waals surface area (Å²) in [7, 11) is 0. The second-order valence-corrected chi connectivity index (χ2v) is 5.31. The molecule has 0 bridgehead atoms. The number of ether oxygens (including phenoxy) is 1. The molecule has 2 rings (SSSR count). The summed E-state index contributed by atoms with van der Waals surface area (Å²) < 4.78 is 5.31. The van der Waals surface area contributed by atoms with Crippen LogP contribution in [0, 0.1) is 0 Å². The third kappa shape index (κ3) is 3.72. The molecular weight excluding hydrogens is 258 g/mol. The van der Waals surface area contributed by atoms with Crippen LogP contribution in [0.5, 0.6) is 0 Å². The normalized spacial score (nSPS) is 16.2. The minimum absolute atomic E-state index is 0.423. The first-order valence-electron chi connectivity index (χ1n) is 5.73. The molecule has 6 heteroatoms. The lowest BCUT2D eigenvalue weighted by Gasteiger charge is -2.27. The Balaban J connectivity index is 2.12. The summed E-state index contributed by atoms with van der Waals surface area (Å²) in [5.41, 5.74) is 0. The summed E-state index contributed by atoms with van der Waals surface area (Å²) in [5, 5.41) is 0.489. The van der Waals surface area contributed by atoms with Crippen molar-refractivity contribution in [3.05, 3.63) is 17.0 Å². The first-order valence-corrected chi connectivity index (χ1v) is 7.26. The van der Waals surface area contributed by atoms with Crippen LogP contribution in [0.2, 0.25) is 5.15 Å². The number of nitrogens with zero attached hydrogens (tertiary/aromatic N) is 3. The van der Waals surface area contributed by atoms with E-state index >= 15 is 0 Å². The molecule has 0 radical (unpaired) electrons. The molecule has 0 atom stereocenters. The van der Waals surface area contributed by atoms with Gasteiger partial charge in [0.15, 0.2) is 5.82 Å². The second-order valence-electron chi connectivity index (χ2n) is 3.70. The molecule has 94 valence electrons. The highest BCUT2D eigenvalue weighted by atomic mass is 35.5. The van der Waals surface area contributed by atoms with E-state index in [-0.39, 0.29) is 0 Å². The zero-order chi connectivity index (χ0) is 12.1. The Morgan fingerprint density at radius 3 is 2.88 bits per heavy atom. The van der Waals surface area contributed by atoms with Crippen molar-refractivity contribution in [2.24, 2.45) is 0 Å². The van der Waals surface area contributed by atoms with Gasteiger partial charge in [-0.3, -0.25) is 0 Å². The van der Waals surface area contributed by atoms with Crippen LogP contribution in [-0.4, -0.2) is 41.2 Å². The first kappa shape index (κ1) is 12.9. The largest absolute Gasteiger partial charge is 0.374 e. The van der Waals surface area contributed by atoms with Gasteiger partial charge in [0.1, 0.15) is 17.6 Å². The molecule has 1 aliphatic heterocycles. The Kier molecular flexibility index (Phi) is 4.88. The molecule has 17 heavy (non-hydrogen) atoms. The lowest BCUT2D eigenvalue weighted by atomic mass is 10.4. The third-order valence-electron chi connectivity index (χ3n) is 2.50. The van der Waals surface area contributed by atoms with Gasteiger partial charge in [0.2, 0.25) is 0 Å². The predicted octanol–water partition coefficient (Wildman–Crippen LogP) is 2.22.